The van der Waals surface area contributed by atoms with E-state index in [0.717, 1.165) is 4.47 Å². The van der Waals surface area contributed by atoms with E-state index < -0.39 is 0 Å². The zero-order valence-electron chi connectivity index (χ0n) is 13.1. The number of carbonyl (C=O) groups excluding carboxylic acids is 2. The minimum Gasteiger partial charge on any atom is -0.350 e. The number of nitrogens with one attached hydrogen (secondary N) is 1. The number of halogens is 1. The Balaban J connectivity index is 1.99. The highest BCUT2D eigenvalue weighted by Gasteiger charge is 2.12. The lowest BCUT2D eigenvalue weighted by molar-refractivity contribution is -0.116. The van der Waals surface area contributed by atoms with Gasteiger partial charge in [0.25, 0.3) is 5.91 Å². The molecule has 0 heterocycles. The van der Waals surface area contributed by atoms with Crippen LogP contribution in [0.3, 0.4) is 0 Å². The predicted molar refractivity (Wildman–Crippen MR) is 95.7 cm³/mol. The van der Waals surface area contributed by atoms with Crippen molar-refractivity contribution in [1.82, 2.24) is 5.32 Å². The lowest BCUT2D eigenvalue weighted by Crippen LogP contribution is -2.37. The summed E-state index contributed by atoms with van der Waals surface area (Å²) >= 11 is 3.32. The smallest absolute Gasteiger partial charge is 0.251 e. The molecule has 0 fully saturated rings. The minimum absolute atomic E-state index is 0.150. The van der Waals surface area contributed by atoms with Crippen LogP contribution in [0.2, 0.25) is 0 Å². The van der Waals surface area contributed by atoms with Crippen molar-refractivity contribution in [2.75, 3.05) is 18.0 Å². The molecule has 0 aliphatic carbocycles. The van der Waals surface area contributed by atoms with Crippen molar-refractivity contribution in [2.24, 2.45) is 0 Å². The molecule has 0 saturated carbocycles. The second-order valence-corrected chi connectivity index (χ2v) is 6.01. The van der Waals surface area contributed by atoms with Crippen LogP contribution in [0.25, 0.3) is 0 Å². The third-order valence-corrected chi connectivity index (χ3v) is 3.92. The van der Waals surface area contributed by atoms with Crippen molar-refractivity contribution >= 4 is 33.4 Å². The Morgan fingerprint density at radius 1 is 1.21 bits per heavy atom. The van der Waals surface area contributed by atoms with Gasteiger partial charge in [0, 0.05) is 35.7 Å². The highest BCUT2D eigenvalue weighted by atomic mass is 79.9. The van der Waals surface area contributed by atoms with Gasteiger partial charge < -0.3 is 10.2 Å². The van der Waals surface area contributed by atoms with Crippen LogP contribution in [-0.4, -0.2) is 24.9 Å². The van der Waals surface area contributed by atoms with Gasteiger partial charge >= 0.3 is 0 Å². The van der Waals surface area contributed by atoms with Gasteiger partial charge in [0.05, 0.1) is 11.6 Å². The molecule has 2 rings (SSSR count). The number of hydrogen-bond acceptors (Lipinski definition) is 3. The zero-order valence-corrected chi connectivity index (χ0v) is 14.7. The molecule has 122 valence electrons. The number of benzene rings is 2. The van der Waals surface area contributed by atoms with Crippen LogP contribution in [0, 0.1) is 11.3 Å². The molecule has 24 heavy (non-hydrogen) atoms. The van der Waals surface area contributed by atoms with E-state index in [9.17, 15) is 9.59 Å². The summed E-state index contributed by atoms with van der Waals surface area (Å²) in [6.45, 7) is 2.09. The lowest BCUT2D eigenvalue weighted by atomic mass is 10.2. The first-order valence-electron chi connectivity index (χ1n) is 7.33. The van der Waals surface area contributed by atoms with Crippen LogP contribution in [-0.2, 0) is 4.79 Å². The molecule has 0 atom stereocenters. The van der Waals surface area contributed by atoms with Gasteiger partial charge in [0.15, 0.2) is 0 Å². The Bertz CT molecular complexity index is 782. The van der Waals surface area contributed by atoms with Crippen molar-refractivity contribution < 1.29 is 9.59 Å². The Morgan fingerprint density at radius 3 is 2.54 bits per heavy atom. The van der Waals surface area contributed by atoms with Gasteiger partial charge in [-0.3, -0.25) is 9.59 Å². The molecule has 0 aromatic heterocycles. The molecule has 0 radical (unpaired) electrons. The van der Waals surface area contributed by atoms with Crippen LogP contribution in [0.4, 0.5) is 5.69 Å². The molecule has 0 bridgehead atoms. The van der Waals surface area contributed by atoms with Gasteiger partial charge in [-0.1, -0.05) is 22.0 Å². The van der Waals surface area contributed by atoms with Gasteiger partial charge in [-0.2, -0.15) is 5.26 Å². The fourth-order valence-corrected chi connectivity index (χ4v) is 2.46. The largest absolute Gasteiger partial charge is 0.350 e. The predicted octanol–water partition coefficient (Wildman–Crippen LogP) is 3.10. The average molecular weight is 386 g/mol. The third-order valence-electron chi connectivity index (χ3n) is 3.39. The quantitative estimate of drug-likeness (QED) is 0.858. The van der Waals surface area contributed by atoms with Gasteiger partial charge in [0.2, 0.25) is 5.91 Å². The first-order valence-corrected chi connectivity index (χ1v) is 8.12. The average Bonchev–Trinajstić information content (AvgIpc) is 2.58. The monoisotopic (exact) mass is 385 g/mol. The molecule has 1 N–H and O–H groups in total. The summed E-state index contributed by atoms with van der Waals surface area (Å²) in [4.78, 5) is 25.5. The summed E-state index contributed by atoms with van der Waals surface area (Å²) in [7, 11) is 0. The van der Waals surface area contributed by atoms with E-state index in [2.05, 4.69) is 21.2 Å². The topological polar surface area (TPSA) is 73.2 Å². The molecule has 5 nitrogen and oxygen atoms in total. The van der Waals surface area contributed by atoms with Crippen LogP contribution in [0.5, 0.6) is 0 Å². The second-order valence-electron chi connectivity index (χ2n) is 5.10. The first kappa shape index (κ1) is 17.7. The van der Waals surface area contributed by atoms with Gasteiger partial charge in [0.1, 0.15) is 0 Å². The van der Waals surface area contributed by atoms with E-state index in [0.29, 0.717) is 29.9 Å². The summed E-state index contributed by atoms with van der Waals surface area (Å²) in [5.74, 6) is -0.347. The molecular weight excluding hydrogens is 370 g/mol. The number of carbonyl (C=O) groups is 2. The highest BCUT2D eigenvalue weighted by molar-refractivity contribution is 9.10. The van der Waals surface area contributed by atoms with Crippen LogP contribution in [0.15, 0.2) is 53.0 Å². The lowest BCUT2D eigenvalue weighted by Gasteiger charge is -2.21. The molecule has 0 spiro atoms. The fourth-order valence-electron chi connectivity index (χ4n) is 2.20. The summed E-state index contributed by atoms with van der Waals surface area (Å²) in [5.41, 5.74) is 1.68. The number of amides is 2. The van der Waals surface area contributed by atoms with E-state index in [-0.39, 0.29) is 11.8 Å². The van der Waals surface area contributed by atoms with Crippen molar-refractivity contribution in [3.8, 4) is 6.07 Å². The maximum Gasteiger partial charge on any atom is 0.251 e. The maximum atomic E-state index is 12.1. The van der Waals surface area contributed by atoms with Crippen LogP contribution < -0.4 is 10.2 Å². The molecule has 6 heteroatoms. The second kappa shape index (κ2) is 8.27. The molecule has 2 aromatic carbocycles. The van der Waals surface area contributed by atoms with Crippen molar-refractivity contribution in [3.63, 3.8) is 0 Å². The Hall–Kier alpha value is -2.65. The van der Waals surface area contributed by atoms with Gasteiger partial charge in [-0.15, -0.1) is 0 Å². The number of rotatable bonds is 5. The summed E-state index contributed by atoms with van der Waals surface area (Å²) in [5, 5.41) is 11.8. The van der Waals surface area contributed by atoms with Gasteiger partial charge in [-0.25, -0.2) is 0 Å². The molecule has 0 aliphatic rings. The van der Waals surface area contributed by atoms with Gasteiger partial charge in [-0.05, 0) is 42.5 Å². The first-order chi connectivity index (χ1) is 11.5. The molecule has 0 saturated heterocycles. The number of nitriles is 1. The fraction of sp³-hybridized carbons (Fsp3) is 0.167. The molecule has 0 unspecified atom stereocenters. The summed E-state index contributed by atoms with van der Waals surface area (Å²) < 4.78 is 0.902. The van der Waals surface area contributed by atoms with E-state index >= 15 is 0 Å². The van der Waals surface area contributed by atoms with E-state index in [4.69, 9.17) is 5.26 Å². The number of hydrogen-bond donors (Lipinski definition) is 1. The minimum atomic E-state index is -0.197. The standard InChI is InChI=1S/C18H16BrN3O2/c1-13(23)22(17-4-2-3-14(11-17)12-20)10-9-21-18(24)15-5-7-16(19)8-6-15/h2-8,11H,9-10H2,1H3,(H,21,24). The van der Waals surface area contributed by atoms with Crippen molar-refractivity contribution in [3.05, 3.63) is 64.1 Å². The van der Waals surface area contributed by atoms with Crippen LogP contribution in [0.1, 0.15) is 22.8 Å². The van der Waals surface area contributed by atoms with E-state index in [1.165, 1.54) is 11.8 Å². The maximum absolute atomic E-state index is 12.1. The zero-order chi connectivity index (χ0) is 17.5. The Kier molecular flexibility index (Phi) is 6.10. The van der Waals surface area contributed by atoms with Crippen molar-refractivity contribution in [1.29, 1.82) is 5.26 Å². The Labute approximate surface area is 149 Å². The summed E-state index contributed by atoms with van der Waals surface area (Å²) in [6.07, 6.45) is 0. The van der Waals surface area contributed by atoms with E-state index in [1.54, 1.807) is 48.5 Å². The number of anilines is 1. The molecule has 2 aromatic rings. The molecule has 0 aliphatic heterocycles. The normalized spacial score (nSPS) is 9.88. The van der Waals surface area contributed by atoms with Crippen molar-refractivity contribution in [2.45, 2.75) is 6.92 Å². The third kappa shape index (κ3) is 4.67. The summed E-state index contributed by atoms with van der Waals surface area (Å²) in [6, 6.07) is 15.9. The van der Waals surface area contributed by atoms with E-state index in [1.807, 2.05) is 6.07 Å². The molecule has 2 amide bonds. The SMILES string of the molecule is CC(=O)N(CCNC(=O)c1ccc(Br)cc1)c1cccc(C#N)c1. The number of nitrogens with zero attached hydrogens (tertiary/aromatic N) is 2. The Morgan fingerprint density at radius 2 is 1.92 bits per heavy atom. The molecular formula is C18H16BrN3O2. The van der Waals surface area contributed by atoms with Crippen LogP contribution >= 0.6 is 15.9 Å². The highest BCUT2D eigenvalue weighted by Crippen LogP contribution is 2.16.